The van der Waals surface area contributed by atoms with Crippen molar-refractivity contribution in [2.75, 3.05) is 0 Å². The standard InChI is InChI=1S/C9H8OSi/c10-11-6-5-8-3-1-2-4-9(8)7-11/h1-6H,7H2. The second kappa shape index (κ2) is 2.55. The van der Waals surface area contributed by atoms with Crippen LogP contribution in [0.3, 0.4) is 0 Å². The van der Waals surface area contributed by atoms with Gasteiger partial charge in [0, 0.05) is 6.04 Å². The first-order chi connectivity index (χ1) is 5.36. The van der Waals surface area contributed by atoms with Crippen molar-refractivity contribution in [1.29, 1.82) is 0 Å². The van der Waals surface area contributed by atoms with Gasteiger partial charge in [-0.05, 0) is 16.8 Å². The summed E-state index contributed by atoms with van der Waals surface area (Å²) < 4.78 is 11.1. The van der Waals surface area contributed by atoms with Gasteiger partial charge in [0.15, 0.2) is 0 Å². The van der Waals surface area contributed by atoms with Crippen molar-refractivity contribution in [3.8, 4) is 0 Å². The molecule has 1 heterocycles. The van der Waals surface area contributed by atoms with Crippen LogP contribution < -0.4 is 0 Å². The van der Waals surface area contributed by atoms with Gasteiger partial charge in [0.2, 0.25) is 0 Å². The molecule has 0 spiro atoms. The Morgan fingerprint density at radius 3 is 3.00 bits per heavy atom. The summed E-state index contributed by atoms with van der Waals surface area (Å²) in [5, 5.41) is 0. The van der Waals surface area contributed by atoms with E-state index < -0.39 is 8.68 Å². The fourth-order valence-electron chi connectivity index (χ4n) is 1.29. The molecule has 1 aliphatic rings. The lowest BCUT2D eigenvalue weighted by Crippen LogP contribution is -2.06. The van der Waals surface area contributed by atoms with Crippen molar-refractivity contribution in [1.82, 2.24) is 0 Å². The second-order valence-corrected chi connectivity index (χ2v) is 4.29. The Bertz CT molecular complexity index is 328. The molecule has 0 unspecified atom stereocenters. The first-order valence-electron chi connectivity index (χ1n) is 3.65. The molecule has 0 saturated heterocycles. The second-order valence-electron chi connectivity index (χ2n) is 2.68. The number of fused-ring (bicyclic) bond motifs is 1. The lowest BCUT2D eigenvalue weighted by atomic mass is 10.1. The molecule has 0 bridgehead atoms. The molecule has 1 nitrogen and oxygen atoms in total. The fourth-order valence-corrected chi connectivity index (χ4v) is 2.47. The quantitative estimate of drug-likeness (QED) is 0.528. The van der Waals surface area contributed by atoms with Gasteiger partial charge in [-0.1, -0.05) is 30.3 Å². The first-order valence-corrected chi connectivity index (χ1v) is 5.34. The van der Waals surface area contributed by atoms with Crippen molar-refractivity contribution in [2.45, 2.75) is 6.04 Å². The zero-order valence-corrected chi connectivity index (χ0v) is 7.08. The van der Waals surface area contributed by atoms with E-state index in [1.165, 1.54) is 11.1 Å². The number of hydrogen-bond acceptors (Lipinski definition) is 1. The zero-order chi connectivity index (χ0) is 7.68. The third-order valence-electron chi connectivity index (χ3n) is 1.87. The van der Waals surface area contributed by atoms with E-state index in [-0.39, 0.29) is 0 Å². The van der Waals surface area contributed by atoms with Crippen molar-refractivity contribution < 1.29 is 4.46 Å². The van der Waals surface area contributed by atoms with Crippen LogP contribution in [0.25, 0.3) is 6.08 Å². The van der Waals surface area contributed by atoms with Gasteiger partial charge < -0.3 is 4.46 Å². The molecule has 1 aromatic carbocycles. The Balaban J connectivity index is 2.54. The molecule has 0 fully saturated rings. The van der Waals surface area contributed by atoms with Crippen molar-refractivity contribution in [2.24, 2.45) is 0 Å². The molecular weight excluding hydrogens is 152 g/mol. The zero-order valence-electron chi connectivity index (χ0n) is 6.08. The summed E-state index contributed by atoms with van der Waals surface area (Å²) >= 11 is 0. The van der Waals surface area contributed by atoms with Crippen LogP contribution in [0.4, 0.5) is 0 Å². The van der Waals surface area contributed by atoms with Crippen molar-refractivity contribution in [3.05, 3.63) is 41.1 Å². The van der Waals surface area contributed by atoms with Gasteiger partial charge in [0.1, 0.15) is 0 Å². The number of rotatable bonds is 0. The van der Waals surface area contributed by atoms with Crippen LogP contribution in [0.1, 0.15) is 11.1 Å². The minimum atomic E-state index is -1.44. The van der Waals surface area contributed by atoms with Gasteiger partial charge in [0.25, 0.3) is 0 Å². The SMILES string of the molecule is O=[Si]1C=Cc2ccccc2C1. The van der Waals surface area contributed by atoms with Gasteiger partial charge in [-0.25, -0.2) is 0 Å². The van der Waals surface area contributed by atoms with Crippen LogP contribution in [0, 0.1) is 0 Å². The molecular formula is C9H8OSi. The smallest absolute Gasteiger partial charge is 0.308 e. The van der Waals surface area contributed by atoms with E-state index in [0.717, 1.165) is 6.04 Å². The largest absolute Gasteiger partial charge is 0.383 e. The summed E-state index contributed by atoms with van der Waals surface area (Å²) in [6.07, 6.45) is 1.96. The monoisotopic (exact) mass is 160 g/mol. The highest BCUT2D eigenvalue weighted by molar-refractivity contribution is 6.50. The van der Waals surface area contributed by atoms with Gasteiger partial charge in [0.05, 0.1) is 0 Å². The Kier molecular flexibility index (Phi) is 1.54. The van der Waals surface area contributed by atoms with E-state index >= 15 is 0 Å². The minimum Gasteiger partial charge on any atom is -0.383 e. The topological polar surface area (TPSA) is 17.1 Å². The summed E-state index contributed by atoms with van der Waals surface area (Å²) in [5.74, 6) is 0. The normalized spacial score (nSPS) is 14.7. The highest BCUT2D eigenvalue weighted by Gasteiger charge is 2.09. The molecule has 0 aromatic heterocycles. The molecule has 2 heteroatoms. The highest BCUT2D eigenvalue weighted by Crippen LogP contribution is 2.15. The molecule has 2 rings (SSSR count). The van der Waals surface area contributed by atoms with Crippen LogP contribution in [0.5, 0.6) is 0 Å². The number of hydrogen-bond donors (Lipinski definition) is 0. The molecule has 0 N–H and O–H groups in total. The van der Waals surface area contributed by atoms with Gasteiger partial charge in [-0.3, -0.25) is 0 Å². The van der Waals surface area contributed by atoms with E-state index in [0.29, 0.717) is 0 Å². The van der Waals surface area contributed by atoms with Crippen LogP contribution in [0.2, 0.25) is 0 Å². The Hall–Kier alpha value is -1.02. The molecule has 0 atom stereocenters. The van der Waals surface area contributed by atoms with E-state index in [4.69, 9.17) is 0 Å². The fraction of sp³-hybridized carbons (Fsp3) is 0.111. The van der Waals surface area contributed by atoms with E-state index in [1.807, 2.05) is 30.0 Å². The summed E-state index contributed by atoms with van der Waals surface area (Å²) in [5.41, 5.74) is 4.27. The van der Waals surface area contributed by atoms with Gasteiger partial charge >= 0.3 is 8.68 Å². The molecule has 0 aliphatic carbocycles. The molecule has 1 aliphatic heterocycles. The maximum absolute atomic E-state index is 11.1. The molecule has 11 heavy (non-hydrogen) atoms. The average molecular weight is 160 g/mol. The summed E-state index contributed by atoms with van der Waals surface area (Å²) in [7, 11) is -1.44. The summed E-state index contributed by atoms with van der Waals surface area (Å²) in [4.78, 5) is 0. The molecule has 0 saturated carbocycles. The number of benzene rings is 1. The third-order valence-corrected chi connectivity index (χ3v) is 3.14. The molecule has 0 radical (unpaired) electrons. The minimum absolute atomic E-state index is 0.747. The summed E-state index contributed by atoms with van der Waals surface area (Å²) in [6, 6.07) is 8.84. The van der Waals surface area contributed by atoms with E-state index in [2.05, 4.69) is 6.07 Å². The predicted molar refractivity (Wildman–Crippen MR) is 45.6 cm³/mol. The van der Waals surface area contributed by atoms with Crippen molar-refractivity contribution in [3.63, 3.8) is 0 Å². The van der Waals surface area contributed by atoms with Crippen LogP contribution >= 0.6 is 0 Å². The lowest BCUT2D eigenvalue weighted by Gasteiger charge is -2.06. The third kappa shape index (κ3) is 1.21. The van der Waals surface area contributed by atoms with Crippen LogP contribution in [0.15, 0.2) is 30.0 Å². The van der Waals surface area contributed by atoms with Gasteiger partial charge in [-0.15, -0.1) is 0 Å². The van der Waals surface area contributed by atoms with Crippen LogP contribution in [-0.2, 0) is 10.5 Å². The average Bonchev–Trinajstić information content (AvgIpc) is 2.04. The maximum atomic E-state index is 11.1. The first kappa shape index (κ1) is 6.67. The predicted octanol–water partition coefficient (Wildman–Crippen LogP) is 1.76. The Morgan fingerprint density at radius 1 is 1.27 bits per heavy atom. The van der Waals surface area contributed by atoms with Crippen LogP contribution in [-0.4, -0.2) is 8.68 Å². The molecule has 1 aromatic rings. The van der Waals surface area contributed by atoms with E-state index in [1.54, 1.807) is 0 Å². The van der Waals surface area contributed by atoms with E-state index in [9.17, 15) is 4.46 Å². The summed E-state index contributed by atoms with van der Waals surface area (Å²) in [6.45, 7) is 0. The molecule has 54 valence electrons. The Labute approximate surface area is 67.0 Å². The highest BCUT2D eigenvalue weighted by atomic mass is 28.3. The molecule has 0 amide bonds. The maximum Gasteiger partial charge on any atom is 0.308 e. The van der Waals surface area contributed by atoms with Gasteiger partial charge in [-0.2, -0.15) is 0 Å². The van der Waals surface area contributed by atoms with Crippen molar-refractivity contribution >= 4 is 14.8 Å². The Morgan fingerprint density at radius 2 is 2.09 bits per heavy atom. The lowest BCUT2D eigenvalue weighted by molar-refractivity contribution is 0.566.